The van der Waals surface area contributed by atoms with Gasteiger partial charge in [0.1, 0.15) is 41.5 Å². The van der Waals surface area contributed by atoms with E-state index in [2.05, 4.69) is 32.5 Å². The van der Waals surface area contributed by atoms with Gasteiger partial charge in [0.05, 0.1) is 23.6 Å². The lowest BCUT2D eigenvalue weighted by molar-refractivity contribution is -0.132. The molecule has 5 heterocycles. The first-order chi connectivity index (χ1) is 25.8. The van der Waals surface area contributed by atoms with Gasteiger partial charge < -0.3 is 19.9 Å². The molecule has 8 rings (SSSR count). The lowest BCUT2D eigenvalue weighted by Crippen LogP contribution is -2.47. The highest BCUT2D eigenvalue weighted by Gasteiger charge is 2.42. The standard InChI is InChI=1S/C35H31ClF2N8O2.C2H7N.C2H6/c1-43-30-9-4-13-44(14-12-36)35(47)31-17-24(48-23-6-2-5-21(15-23)25-7-3-8-28(42-43)32(25)30)19-45(31)33-26-18-41-46(34(26)40-20-39-33)29-11-10-22(37)16-27(29)38;1-3-2;1-2/h2-3,5-8,10-11,15-16,18,20,24,31H,4,9,12-14,17,19H2,1H3;3H,1-2H3;1-2H3/t24?,31-;;/m0../s1. The number of aryl methyl sites for hydroxylation is 2. The molecule has 0 aliphatic carbocycles. The highest BCUT2D eigenvalue weighted by molar-refractivity contribution is 6.18. The molecule has 2 atom stereocenters. The number of halogens is 3. The number of alkyl halides is 1. The van der Waals surface area contributed by atoms with E-state index in [1.165, 1.54) is 23.1 Å². The summed E-state index contributed by atoms with van der Waals surface area (Å²) in [4.78, 5) is 27.2. The Morgan fingerprint density at radius 2 is 1.83 bits per heavy atom. The minimum atomic E-state index is -0.774. The maximum absolute atomic E-state index is 14.8. The maximum atomic E-state index is 14.8. The van der Waals surface area contributed by atoms with Gasteiger partial charge in [0.15, 0.2) is 11.5 Å². The van der Waals surface area contributed by atoms with Gasteiger partial charge in [0.25, 0.3) is 0 Å². The van der Waals surface area contributed by atoms with Gasteiger partial charge in [-0.05, 0) is 68.4 Å². The smallest absolute Gasteiger partial charge is 0.245 e. The van der Waals surface area contributed by atoms with E-state index in [-0.39, 0.29) is 23.6 Å². The van der Waals surface area contributed by atoms with E-state index in [0.717, 1.165) is 40.2 Å². The van der Waals surface area contributed by atoms with Gasteiger partial charge in [0.2, 0.25) is 5.91 Å². The van der Waals surface area contributed by atoms with Gasteiger partial charge >= 0.3 is 0 Å². The number of aromatic nitrogens is 6. The van der Waals surface area contributed by atoms with E-state index in [9.17, 15) is 13.6 Å². The third kappa shape index (κ3) is 7.54. The summed E-state index contributed by atoms with van der Waals surface area (Å²) < 4.78 is 38.3. The normalized spacial score (nSPS) is 17.0. The molecule has 1 fully saturated rings. The number of fused-ring (bicyclic) bond motifs is 6. The summed E-state index contributed by atoms with van der Waals surface area (Å²) in [5.41, 5.74) is 4.50. The fraction of sp³-hybridized carbons (Fsp3) is 0.359. The van der Waals surface area contributed by atoms with Crippen molar-refractivity contribution in [3.63, 3.8) is 0 Å². The molecule has 53 heavy (non-hydrogen) atoms. The number of carbonyl (C=O) groups is 1. The van der Waals surface area contributed by atoms with E-state index in [4.69, 9.17) is 21.4 Å². The van der Waals surface area contributed by atoms with Crippen LogP contribution in [0.5, 0.6) is 5.75 Å². The molecule has 4 bridgehead atoms. The van der Waals surface area contributed by atoms with Crippen molar-refractivity contribution < 1.29 is 18.3 Å². The summed E-state index contributed by atoms with van der Waals surface area (Å²) in [7, 11) is 5.71. The molecule has 2 aliphatic rings. The number of ether oxygens (including phenoxy) is 1. The van der Waals surface area contributed by atoms with Crippen LogP contribution in [0.25, 0.3) is 38.8 Å². The van der Waals surface area contributed by atoms with Crippen molar-refractivity contribution in [3.8, 4) is 22.6 Å². The number of nitrogens with one attached hydrogen (secondary N) is 1. The Morgan fingerprint density at radius 3 is 2.60 bits per heavy atom. The third-order valence-corrected chi connectivity index (χ3v) is 9.41. The number of hydrogen-bond donors (Lipinski definition) is 1. The molecule has 0 saturated carbocycles. The molecule has 278 valence electrons. The Kier molecular flexibility index (Phi) is 11.8. The fourth-order valence-corrected chi connectivity index (χ4v) is 7.29. The number of nitrogens with zero attached hydrogens (tertiary/aromatic N) is 8. The quantitative estimate of drug-likeness (QED) is 0.203. The highest BCUT2D eigenvalue weighted by atomic mass is 35.5. The van der Waals surface area contributed by atoms with Crippen molar-refractivity contribution in [2.45, 2.75) is 45.3 Å². The van der Waals surface area contributed by atoms with Crippen LogP contribution in [0.3, 0.4) is 0 Å². The summed E-state index contributed by atoms with van der Waals surface area (Å²) in [5, 5.41) is 13.6. The molecule has 0 radical (unpaired) electrons. The molecule has 11 nitrogen and oxygen atoms in total. The third-order valence-electron chi connectivity index (χ3n) is 9.24. The van der Waals surface area contributed by atoms with Gasteiger partial charge in [-0.15, -0.1) is 11.6 Å². The summed E-state index contributed by atoms with van der Waals surface area (Å²) in [6.07, 6.45) is 4.40. The zero-order valence-corrected chi connectivity index (χ0v) is 31.3. The van der Waals surface area contributed by atoms with Gasteiger partial charge in [-0.25, -0.2) is 23.4 Å². The molecule has 1 unspecified atom stereocenters. The van der Waals surface area contributed by atoms with Crippen LogP contribution in [0, 0.1) is 11.6 Å². The van der Waals surface area contributed by atoms with Crippen LogP contribution in [0.15, 0.2) is 73.2 Å². The van der Waals surface area contributed by atoms with Gasteiger partial charge in [-0.1, -0.05) is 38.1 Å². The lowest BCUT2D eigenvalue weighted by atomic mass is 9.98. The van der Waals surface area contributed by atoms with Crippen molar-refractivity contribution in [1.29, 1.82) is 0 Å². The SMILES string of the molecule is CC.CNC.Cn1nc2cccc3c2c1CCCN(CCCl)C(=O)[C@@H]1CC(CN1c1ncnc2c1cnn2-c1ccc(F)cc1F)Oc1cccc-3c1. The Morgan fingerprint density at radius 1 is 1.04 bits per heavy atom. The molecular weight excluding hydrogens is 700 g/mol. The Bertz CT molecular complexity index is 2210. The van der Waals surface area contributed by atoms with Crippen LogP contribution in [0.1, 0.15) is 32.4 Å². The van der Waals surface area contributed by atoms with E-state index in [1.54, 1.807) is 6.20 Å². The van der Waals surface area contributed by atoms with Crippen LogP contribution in [0.2, 0.25) is 0 Å². The second kappa shape index (κ2) is 16.7. The van der Waals surface area contributed by atoms with Crippen LogP contribution < -0.4 is 15.0 Å². The van der Waals surface area contributed by atoms with Crippen molar-refractivity contribution >= 4 is 45.3 Å². The Hall–Kier alpha value is -5.14. The van der Waals surface area contributed by atoms with Crippen molar-refractivity contribution in [3.05, 3.63) is 90.5 Å². The summed E-state index contributed by atoms with van der Waals surface area (Å²) in [6.45, 7) is 5.25. The predicted molar refractivity (Wildman–Crippen MR) is 205 cm³/mol. The number of anilines is 1. The molecule has 3 aromatic carbocycles. The first kappa shape index (κ1) is 37.6. The predicted octanol–water partition coefficient (Wildman–Crippen LogP) is 6.55. The topological polar surface area (TPSA) is 106 Å². The number of rotatable bonds is 4. The van der Waals surface area contributed by atoms with Crippen molar-refractivity contribution in [2.24, 2.45) is 7.05 Å². The second-order valence-corrected chi connectivity index (χ2v) is 13.0. The van der Waals surface area contributed by atoms with Crippen LogP contribution in [0.4, 0.5) is 14.6 Å². The zero-order chi connectivity index (χ0) is 37.6. The average Bonchev–Trinajstić information content (AvgIpc) is 3.87. The van der Waals surface area contributed by atoms with E-state index >= 15 is 0 Å². The van der Waals surface area contributed by atoms with Gasteiger partial charge in [-0.3, -0.25) is 9.48 Å². The molecule has 3 aromatic heterocycles. The first-order valence-corrected chi connectivity index (χ1v) is 18.4. The van der Waals surface area contributed by atoms with Crippen molar-refractivity contribution in [1.82, 2.24) is 39.7 Å². The average molecular weight is 744 g/mol. The van der Waals surface area contributed by atoms with Crippen LogP contribution >= 0.6 is 11.6 Å². The molecule has 1 saturated heterocycles. The fourth-order valence-electron chi connectivity index (χ4n) is 7.09. The van der Waals surface area contributed by atoms with E-state index in [1.807, 2.05) is 79.8 Å². The summed E-state index contributed by atoms with van der Waals surface area (Å²) in [6, 6.07) is 16.8. The number of hydrogen-bond acceptors (Lipinski definition) is 8. The van der Waals surface area contributed by atoms with Crippen molar-refractivity contribution in [2.75, 3.05) is 44.5 Å². The molecule has 2 aliphatic heterocycles. The minimum Gasteiger partial charge on any atom is -0.488 e. The highest BCUT2D eigenvalue weighted by Crippen LogP contribution is 2.36. The monoisotopic (exact) mass is 743 g/mol. The Labute approximate surface area is 312 Å². The second-order valence-electron chi connectivity index (χ2n) is 12.6. The van der Waals surface area contributed by atoms with Gasteiger partial charge in [0, 0.05) is 49.6 Å². The molecule has 1 amide bonds. The van der Waals surface area contributed by atoms with E-state index < -0.39 is 17.7 Å². The molecular formula is C39H44ClF2N9O2. The van der Waals surface area contributed by atoms with Crippen LogP contribution in [-0.4, -0.2) is 92.1 Å². The zero-order valence-electron chi connectivity index (χ0n) is 30.6. The van der Waals surface area contributed by atoms with E-state index in [0.29, 0.717) is 55.1 Å². The largest absolute Gasteiger partial charge is 0.488 e. The van der Waals surface area contributed by atoms with Gasteiger partial charge in [-0.2, -0.15) is 10.2 Å². The number of carbonyl (C=O) groups excluding carboxylic acids is 1. The number of amides is 1. The first-order valence-electron chi connectivity index (χ1n) is 17.9. The maximum Gasteiger partial charge on any atom is 0.245 e. The summed E-state index contributed by atoms with van der Waals surface area (Å²) >= 11 is 6.26. The molecule has 6 aromatic rings. The van der Waals surface area contributed by atoms with Crippen LogP contribution in [-0.2, 0) is 18.3 Å². The number of benzene rings is 3. The molecule has 0 spiro atoms. The molecule has 14 heteroatoms. The lowest BCUT2D eigenvalue weighted by Gasteiger charge is -2.30. The Balaban J connectivity index is 0.000000916. The summed E-state index contributed by atoms with van der Waals surface area (Å²) in [5.74, 6) is -0.0907. The minimum absolute atomic E-state index is 0.0492. The molecule has 1 N–H and O–H groups in total.